The fraction of sp³-hybridized carbons (Fsp3) is 0.718. The van der Waals surface area contributed by atoms with Gasteiger partial charge < -0.3 is 25.2 Å². The number of carbonyl (C=O) groups excluding carboxylic acids is 1. The number of aliphatic hydroxyl groups is 2. The van der Waals surface area contributed by atoms with E-state index in [0.29, 0.717) is 29.2 Å². The minimum absolute atomic E-state index is 0.0793. The minimum Gasteiger partial charge on any atom is -0.504 e. The van der Waals surface area contributed by atoms with Crippen LogP contribution in [0.5, 0.6) is 11.5 Å². The van der Waals surface area contributed by atoms with Crippen LogP contribution in [-0.4, -0.2) is 44.7 Å². The number of aliphatic hydroxyl groups excluding tert-OH is 1. The summed E-state index contributed by atoms with van der Waals surface area (Å²) in [5.41, 5.74) is 1.29. The molecule has 1 aromatic carbocycles. The van der Waals surface area contributed by atoms with Crippen molar-refractivity contribution in [3.8, 4) is 11.5 Å². The number of hydrogen-bond donors (Lipinski definition) is 4. The maximum Gasteiger partial charge on any atom is 0.331 e. The zero-order valence-corrected chi connectivity index (χ0v) is 28.7. The Labute approximate surface area is 271 Å². The molecule has 5 rings (SSSR count). The largest absolute Gasteiger partial charge is 0.504 e. The molecule has 0 radical (unpaired) electrons. The van der Waals surface area contributed by atoms with Gasteiger partial charge in [0.05, 0.1) is 12.2 Å². The van der Waals surface area contributed by atoms with Gasteiger partial charge >= 0.3 is 5.97 Å². The highest BCUT2D eigenvalue weighted by Crippen LogP contribution is 2.76. The third-order valence-corrected chi connectivity index (χ3v) is 14.2. The molecule has 4 aliphatic rings. The normalized spacial score (nSPS) is 39.0. The van der Waals surface area contributed by atoms with Crippen molar-refractivity contribution in [1.29, 1.82) is 0 Å². The lowest BCUT2D eigenvalue weighted by atomic mass is 9.35. The first kappa shape index (κ1) is 34.0. The Morgan fingerprint density at radius 2 is 1.67 bits per heavy atom. The SMILES string of the molecule is C/C(=C\CC[C@](C)(O)[C@H]1CC[C@]2(C)C1CC[C@@H]1[C@@]3(C)CCC(OC(=O)/C=C/c4ccc(O)c(O)c4)C(C)(C)C3CC[C@]12C)CO. The summed E-state index contributed by atoms with van der Waals surface area (Å²) in [6, 6.07) is 4.48. The van der Waals surface area contributed by atoms with Crippen LogP contribution in [0.2, 0.25) is 0 Å². The molecule has 0 amide bonds. The Morgan fingerprint density at radius 1 is 0.956 bits per heavy atom. The third kappa shape index (κ3) is 5.77. The topological polar surface area (TPSA) is 107 Å². The lowest BCUT2D eigenvalue weighted by Gasteiger charge is -2.70. The molecule has 9 atom stereocenters. The minimum atomic E-state index is -0.708. The number of phenolic OH excluding ortho intramolecular Hbond substituents is 2. The van der Waals surface area contributed by atoms with Crippen LogP contribution in [0.4, 0.5) is 0 Å². The predicted octanol–water partition coefficient (Wildman–Crippen LogP) is 8.18. The lowest BCUT2D eigenvalue weighted by Crippen LogP contribution is -2.64. The van der Waals surface area contributed by atoms with E-state index < -0.39 is 5.60 Å². The van der Waals surface area contributed by atoms with Crippen LogP contribution in [0.3, 0.4) is 0 Å². The third-order valence-electron chi connectivity index (χ3n) is 14.2. The molecular formula is C39H58O6. The Kier molecular flexibility index (Phi) is 9.11. The van der Waals surface area contributed by atoms with Gasteiger partial charge in [0.25, 0.3) is 0 Å². The number of esters is 1. The molecule has 45 heavy (non-hydrogen) atoms. The van der Waals surface area contributed by atoms with E-state index in [2.05, 4.69) is 47.6 Å². The van der Waals surface area contributed by atoms with Crippen molar-refractivity contribution >= 4 is 12.0 Å². The van der Waals surface area contributed by atoms with Gasteiger partial charge in [-0.25, -0.2) is 4.79 Å². The van der Waals surface area contributed by atoms with Crippen molar-refractivity contribution in [3.63, 3.8) is 0 Å². The number of phenols is 2. The Balaban J connectivity index is 1.30. The lowest BCUT2D eigenvalue weighted by molar-refractivity contribution is -0.229. The fourth-order valence-electron chi connectivity index (χ4n) is 11.5. The molecular weight excluding hydrogens is 564 g/mol. The zero-order chi connectivity index (χ0) is 33.0. The average Bonchev–Trinajstić information content (AvgIpc) is 3.34. The van der Waals surface area contributed by atoms with E-state index in [1.807, 2.05) is 6.92 Å². The van der Waals surface area contributed by atoms with Gasteiger partial charge in [0.15, 0.2) is 11.5 Å². The summed E-state index contributed by atoms with van der Waals surface area (Å²) >= 11 is 0. The molecule has 4 saturated carbocycles. The smallest absolute Gasteiger partial charge is 0.331 e. The van der Waals surface area contributed by atoms with Crippen molar-refractivity contribution in [2.75, 3.05) is 6.61 Å². The molecule has 6 nitrogen and oxygen atoms in total. The van der Waals surface area contributed by atoms with Crippen LogP contribution in [-0.2, 0) is 9.53 Å². The van der Waals surface area contributed by atoms with E-state index in [4.69, 9.17) is 4.74 Å². The summed E-state index contributed by atoms with van der Waals surface area (Å²) in [6.45, 7) is 16.4. The number of allylic oxidation sites excluding steroid dienone is 1. The summed E-state index contributed by atoms with van der Waals surface area (Å²) in [6.07, 6.45) is 15.3. The van der Waals surface area contributed by atoms with Crippen LogP contribution in [0.15, 0.2) is 35.9 Å². The summed E-state index contributed by atoms with van der Waals surface area (Å²) in [4.78, 5) is 13.0. The van der Waals surface area contributed by atoms with Gasteiger partial charge in [0.2, 0.25) is 0 Å². The standard InChI is InChI=1S/C39H58O6/c1-25(24-40)9-8-19-39(7,44)28-16-21-37(5)27(28)12-14-32-36(4)20-18-33(35(2,3)31(36)17-22-38(32,37)6)45-34(43)15-11-26-10-13-29(41)30(42)23-26/h9-11,13,15,23,27-28,31-33,40-42,44H,8,12,14,16-22,24H2,1-7H3/b15-11+,25-9+/t27?,28-,31?,32+,33?,36-,37+,38+,39-/m0/s1. The molecule has 250 valence electrons. The molecule has 4 N–H and O–H groups in total. The molecule has 0 spiro atoms. The van der Waals surface area contributed by atoms with Crippen LogP contribution < -0.4 is 0 Å². The van der Waals surface area contributed by atoms with Crippen LogP contribution >= 0.6 is 0 Å². The molecule has 3 unspecified atom stereocenters. The Bertz CT molecular complexity index is 1330. The van der Waals surface area contributed by atoms with Crippen molar-refractivity contribution in [3.05, 3.63) is 41.5 Å². The van der Waals surface area contributed by atoms with Crippen LogP contribution in [0, 0.1) is 45.3 Å². The Hall–Kier alpha value is -2.31. The number of fused-ring (bicyclic) bond motifs is 5. The summed E-state index contributed by atoms with van der Waals surface area (Å²) in [5.74, 6) is 1.10. The monoisotopic (exact) mass is 622 g/mol. The van der Waals surface area contributed by atoms with Gasteiger partial charge in [-0.1, -0.05) is 52.3 Å². The maximum atomic E-state index is 13.0. The number of hydrogen-bond acceptors (Lipinski definition) is 6. The highest BCUT2D eigenvalue weighted by atomic mass is 16.5. The molecule has 0 bridgehead atoms. The fourth-order valence-corrected chi connectivity index (χ4v) is 11.5. The first-order chi connectivity index (χ1) is 21.0. The quantitative estimate of drug-likeness (QED) is 0.101. The molecule has 4 fully saturated rings. The van der Waals surface area contributed by atoms with E-state index in [1.165, 1.54) is 43.9 Å². The molecule has 1 aromatic rings. The number of carbonyl (C=O) groups is 1. The maximum absolute atomic E-state index is 13.0. The molecule has 4 aliphatic carbocycles. The average molecular weight is 623 g/mol. The highest BCUT2D eigenvalue weighted by Gasteiger charge is 2.69. The van der Waals surface area contributed by atoms with E-state index in [9.17, 15) is 25.2 Å². The van der Waals surface area contributed by atoms with Crippen molar-refractivity contribution < 1.29 is 30.0 Å². The number of ether oxygens (including phenoxy) is 1. The van der Waals surface area contributed by atoms with Gasteiger partial charge in [-0.3, -0.25) is 0 Å². The van der Waals surface area contributed by atoms with E-state index in [1.54, 1.807) is 12.1 Å². The summed E-state index contributed by atoms with van der Waals surface area (Å²) in [5, 5.41) is 40.6. The summed E-state index contributed by atoms with van der Waals surface area (Å²) in [7, 11) is 0. The number of aromatic hydroxyl groups is 2. The first-order valence-corrected chi connectivity index (χ1v) is 17.4. The van der Waals surface area contributed by atoms with Gasteiger partial charge in [0, 0.05) is 11.5 Å². The van der Waals surface area contributed by atoms with Crippen molar-refractivity contribution in [2.24, 2.45) is 45.3 Å². The second-order valence-corrected chi connectivity index (χ2v) is 16.8. The molecule has 0 heterocycles. The van der Waals surface area contributed by atoms with Crippen molar-refractivity contribution in [1.82, 2.24) is 0 Å². The van der Waals surface area contributed by atoms with Gasteiger partial charge in [-0.2, -0.15) is 0 Å². The van der Waals surface area contributed by atoms with E-state index >= 15 is 0 Å². The predicted molar refractivity (Wildman–Crippen MR) is 178 cm³/mol. The molecule has 0 saturated heterocycles. The van der Waals surface area contributed by atoms with E-state index in [0.717, 1.165) is 44.1 Å². The second kappa shape index (κ2) is 12.0. The van der Waals surface area contributed by atoms with Crippen molar-refractivity contribution in [2.45, 2.75) is 124 Å². The van der Waals surface area contributed by atoms with Gasteiger partial charge in [-0.05, 0) is 142 Å². The van der Waals surface area contributed by atoms with Crippen LogP contribution in [0.25, 0.3) is 6.08 Å². The molecule has 0 aromatic heterocycles. The zero-order valence-electron chi connectivity index (χ0n) is 28.7. The van der Waals surface area contributed by atoms with E-state index in [-0.39, 0.29) is 51.8 Å². The highest BCUT2D eigenvalue weighted by molar-refractivity contribution is 5.87. The second-order valence-electron chi connectivity index (χ2n) is 16.8. The number of rotatable bonds is 8. The Morgan fingerprint density at radius 3 is 2.36 bits per heavy atom. The van der Waals surface area contributed by atoms with Gasteiger partial charge in [-0.15, -0.1) is 0 Å². The van der Waals surface area contributed by atoms with Gasteiger partial charge in [0.1, 0.15) is 6.10 Å². The summed E-state index contributed by atoms with van der Waals surface area (Å²) < 4.78 is 6.15. The number of benzene rings is 1. The molecule has 6 heteroatoms. The molecule has 0 aliphatic heterocycles. The van der Waals surface area contributed by atoms with Crippen LogP contribution in [0.1, 0.15) is 118 Å². The first-order valence-electron chi connectivity index (χ1n) is 17.4.